The van der Waals surface area contributed by atoms with Crippen LogP contribution in [-0.2, 0) is 6.61 Å². The smallest absolute Gasteiger partial charge is 0.264 e. The maximum atomic E-state index is 5.85. The third kappa shape index (κ3) is 3.41. The van der Waals surface area contributed by atoms with Gasteiger partial charge in [-0.05, 0) is 43.3 Å². The number of benzene rings is 2. The lowest BCUT2D eigenvalue weighted by Crippen LogP contribution is -1.95. The number of halogens is 1. The highest BCUT2D eigenvalue weighted by Gasteiger charge is 2.09. The molecule has 106 valence electrons. The molecular weight excluding hydrogens is 288 g/mol. The van der Waals surface area contributed by atoms with Gasteiger partial charge in [0.05, 0.1) is 0 Å². The highest BCUT2D eigenvalue weighted by molar-refractivity contribution is 6.30. The van der Waals surface area contributed by atoms with Crippen molar-refractivity contribution < 1.29 is 9.26 Å². The van der Waals surface area contributed by atoms with Crippen LogP contribution in [0.1, 0.15) is 11.5 Å². The van der Waals surface area contributed by atoms with E-state index in [-0.39, 0.29) is 6.61 Å². The predicted octanol–water partition coefficient (Wildman–Crippen LogP) is 4.28. The van der Waals surface area contributed by atoms with Gasteiger partial charge in [0, 0.05) is 10.6 Å². The molecule has 2 aromatic carbocycles. The molecule has 0 saturated heterocycles. The Kier molecular flexibility index (Phi) is 3.88. The normalized spacial score (nSPS) is 10.6. The Bertz CT molecular complexity index is 721. The Morgan fingerprint density at radius 2 is 1.76 bits per heavy atom. The van der Waals surface area contributed by atoms with E-state index in [0.717, 1.165) is 11.3 Å². The van der Waals surface area contributed by atoms with Gasteiger partial charge in [0.15, 0.2) is 6.61 Å². The molecule has 0 atom stereocenters. The second-order valence-electron chi connectivity index (χ2n) is 4.62. The SMILES string of the molecule is Cc1ccc(OCc2nc(-c3ccc(Cl)cc3)no2)cc1. The van der Waals surface area contributed by atoms with E-state index in [9.17, 15) is 0 Å². The molecule has 0 radical (unpaired) electrons. The largest absolute Gasteiger partial charge is 0.484 e. The molecule has 21 heavy (non-hydrogen) atoms. The van der Waals surface area contributed by atoms with Crippen molar-refractivity contribution in [3.63, 3.8) is 0 Å². The second-order valence-corrected chi connectivity index (χ2v) is 5.06. The van der Waals surface area contributed by atoms with E-state index >= 15 is 0 Å². The van der Waals surface area contributed by atoms with Gasteiger partial charge in [-0.25, -0.2) is 0 Å². The fraction of sp³-hybridized carbons (Fsp3) is 0.125. The van der Waals surface area contributed by atoms with Crippen molar-refractivity contribution in [1.29, 1.82) is 0 Å². The summed E-state index contributed by atoms with van der Waals surface area (Å²) in [6, 6.07) is 15.1. The Morgan fingerprint density at radius 3 is 2.48 bits per heavy atom. The summed E-state index contributed by atoms with van der Waals surface area (Å²) >= 11 is 5.85. The molecule has 3 rings (SSSR count). The third-order valence-corrected chi connectivity index (χ3v) is 3.21. The van der Waals surface area contributed by atoms with Gasteiger partial charge in [-0.2, -0.15) is 4.98 Å². The fourth-order valence-electron chi connectivity index (χ4n) is 1.81. The number of hydrogen-bond acceptors (Lipinski definition) is 4. The zero-order chi connectivity index (χ0) is 14.7. The molecule has 0 fully saturated rings. The topological polar surface area (TPSA) is 48.2 Å². The van der Waals surface area contributed by atoms with Crippen molar-refractivity contribution in [3.05, 3.63) is 65.0 Å². The second kappa shape index (κ2) is 5.97. The van der Waals surface area contributed by atoms with Gasteiger partial charge in [-0.1, -0.05) is 34.5 Å². The summed E-state index contributed by atoms with van der Waals surface area (Å²) in [7, 11) is 0. The van der Waals surface area contributed by atoms with Gasteiger partial charge in [-0.3, -0.25) is 0 Å². The van der Waals surface area contributed by atoms with Crippen LogP contribution in [0.3, 0.4) is 0 Å². The summed E-state index contributed by atoms with van der Waals surface area (Å²) in [6.45, 7) is 2.27. The number of hydrogen-bond donors (Lipinski definition) is 0. The number of ether oxygens (including phenoxy) is 1. The number of rotatable bonds is 4. The first-order valence-corrected chi connectivity index (χ1v) is 6.86. The lowest BCUT2D eigenvalue weighted by Gasteiger charge is -2.02. The monoisotopic (exact) mass is 300 g/mol. The first-order chi connectivity index (χ1) is 10.2. The Morgan fingerprint density at radius 1 is 1.05 bits per heavy atom. The summed E-state index contributed by atoms with van der Waals surface area (Å²) in [4.78, 5) is 4.30. The lowest BCUT2D eigenvalue weighted by atomic mass is 10.2. The number of aryl methyl sites for hydroxylation is 1. The fourth-order valence-corrected chi connectivity index (χ4v) is 1.94. The minimum atomic E-state index is 0.240. The maximum absolute atomic E-state index is 5.85. The van der Waals surface area contributed by atoms with Crippen molar-refractivity contribution in [2.24, 2.45) is 0 Å². The molecule has 1 heterocycles. The Labute approximate surface area is 127 Å². The van der Waals surface area contributed by atoms with Gasteiger partial charge in [0.25, 0.3) is 5.89 Å². The summed E-state index contributed by atoms with van der Waals surface area (Å²) in [5, 5.41) is 4.60. The molecular formula is C16H13ClN2O2. The summed E-state index contributed by atoms with van der Waals surface area (Å²) < 4.78 is 10.8. The van der Waals surface area contributed by atoms with Crippen LogP contribution in [0.2, 0.25) is 5.02 Å². The average molecular weight is 301 g/mol. The number of aromatic nitrogens is 2. The molecule has 4 nitrogen and oxygen atoms in total. The Hall–Kier alpha value is -2.33. The van der Waals surface area contributed by atoms with Crippen LogP contribution >= 0.6 is 11.6 Å². The van der Waals surface area contributed by atoms with E-state index in [2.05, 4.69) is 10.1 Å². The first kappa shape index (κ1) is 13.6. The van der Waals surface area contributed by atoms with Crippen molar-refractivity contribution in [1.82, 2.24) is 10.1 Å². The molecule has 0 aliphatic rings. The minimum absolute atomic E-state index is 0.240. The summed E-state index contributed by atoms with van der Waals surface area (Å²) in [5.74, 6) is 1.72. The van der Waals surface area contributed by atoms with Crippen molar-refractivity contribution in [2.45, 2.75) is 13.5 Å². The molecule has 0 saturated carbocycles. The highest BCUT2D eigenvalue weighted by Crippen LogP contribution is 2.19. The van der Waals surface area contributed by atoms with E-state index in [1.54, 1.807) is 12.1 Å². The predicted molar refractivity (Wildman–Crippen MR) is 80.3 cm³/mol. The van der Waals surface area contributed by atoms with Crippen LogP contribution in [0.4, 0.5) is 0 Å². The zero-order valence-electron chi connectivity index (χ0n) is 11.4. The molecule has 0 spiro atoms. The summed E-state index contributed by atoms with van der Waals surface area (Å²) in [6.07, 6.45) is 0. The quantitative estimate of drug-likeness (QED) is 0.721. The van der Waals surface area contributed by atoms with E-state index in [0.29, 0.717) is 16.7 Å². The van der Waals surface area contributed by atoms with Crippen LogP contribution in [-0.4, -0.2) is 10.1 Å². The van der Waals surface area contributed by atoms with Crippen LogP contribution in [0.25, 0.3) is 11.4 Å². The van der Waals surface area contributed by atoms with Crippen molar-refractivity contribution >= 4 is 11.6 Å². The summed E-state index contributed by atoms with van der Waals surface area (Å²) in [5.41, 5.74) is 2.04. The van der Waals surface area contributed by atoms with Crippen LogP contribution in [0.5, 0.6) is 5.75 Å². The van der Waals surface area contributed by atoms with Crippen LogP contribution in [0.15, 0.2) is 53.1 Å². The van der Waals surface area contributed by atoms with E-state index in [1.807, 2.05) is 43.3 Å². The van der Waals surface area contributed by atoms with Gasteiger partial charge < -0.3 is 9.26 Å². The van der Waals surface area contributed by atoms with Gasteiger partial charge in [0.2, 0.25) is 5.82 Å². The van der Waals surface area contributed by atoms with E-state index in [4.69, 9.17) is 20.9 Å². The van der Waals surface area contributed by atoms with Crippen LogP contribution < -0.4 is 4.74 Å². The van der Waals surface area contributed by atoms with Crippen molar-refractivity contribution in [2.75, 3.05) is 0 Å². The molecule has 0 amide bonds. The van der Waals surface area contributed by atoms with Crippen molar-refractivity contribution in [3.8, 4) is 17.1 Å². The lowest BCUT2D eigenvalue weighted by molar-refractivity contribution is 0.243. The molecule has 0 unspecified atom stereocenters. The highest BCUT2D eigenvalue weighted by atomic mass is 35.5. The molecule has 0 aliphatic carbocycles. The average Bonchev–Trinajstić information content (AvgIpc) is 2.96. The minimum Gasteiger partial charge on any atom is -0.484 e. The zero-order valence-corrected chi connectivity index (χ0v) is 12.2. The molecule has 3 aromatic rings. The molecule has 1 aromatic heterocycles. The van der Waals surface area contributed by atoms with Gasteiger partial charge in [0.1, 0.15) is 5.75 Å². The molecule has 0 aliphatic heterocycles. The third-order valence-electron chi connectivity index (χ3n) is 2.95. The first-order valence-electron chi connectivity index (χ1n) is 6.49. The van der Waals surface area contributed by atoms with Gasteiger partial charge >= 0.3 is 0 Å². The molecule has 0 N–H and O–H groups in total. The van der Waals surface area contributed by atoms with E-state index < -0.39 is 0 Å². The van der Waals surface area contributed by atoms with Crippen LogP contribution in [0, 0.1) is 6.92 Å². The van der Waals surface area contributed by atoms with Gasteiger partial charge in [-0.15, -0.1) is 0 Å². The van der Waals surface area contributed by atoms with E-state index in [1.165, 1.54) is 5.56 Å². The number of nitrogens with zero attached hydrogens (tertiary/aromatic N) is 2. The standard InChI is InChI=1S/C16H13ClN2O2/c1-11-2-8-14(9-3-11)20-10-15-18-16(19-21-15)12-4-6-13(17)7-5-12/h2-9H,10H2,1H3. The molecule has 0 bridgehead atoms. The maximum Gasteiger partial charge on any atom is 0.264 e. The molecule has 5 heteroatoms. The Balaban J connectivity index is 1.67.